The number of amides is 1. The maximum Gasteiger partial charge on any atom is 0.244 e. The molecule has 0 unspecified atom stereocenters. The van der Waals surface area contributed by atoms with Gasteiger partial charge in [-0.15, -0.1) is 0 Å². The Balaban J connectivity index is 1.68. The van der Waals surface area contributed by atoms with Gasteiger partial charge in [0.2, 0.25) is 5.91 Å². The molecule has 5 nitrogen and oxygen atoms in total. The highest BCUT2D eigenvalue weighted by atomic mass is 35.5. The van der Waals surface area contributed by atoms with Crippen molar-refractivity contribution in [3.8, 4) is 0 Å². The Kier molecular flexibility index (Phi) is 3.97. The number of hydrogen-bond donors (Lipinski definition) is 0. The van der Waals surface area contributed by atoms with Crippen LogP contribution in [0.1, 0.15) is 32.6 Å². The summed E-state index contributed by atoms with van der Waals surface area (Å²) in [6.07, 6.45) is 7.76. The molecule has 2 aliphatic rings. The first-order valence-corrected chi connectivity index (χ1v) is 7.90. The molecule has 3 atom stereocenters. The SMILES string of the molecule is CO[C@@H]1CC[C@H]2N(C(=O)Cn3cc(Cl)cn3)CC[C@@]2(C)C1. The minimum absolute atomic E-state index is 0.138. The van der Waals surface area contributed by atoms with Crippen molar-refractivity contribution in [2.75, 3.05) is 13.7 Å². The molecule has 0 N–H and O–H groups in total. The molecule has 116 valence electrons. The fraction of sp³-hybridized carbons (Fsp3) is 0.733. The van der Waals surface area contributed by atoms with Crippen LogP contribution in [0, 0.1) is 5.41 Å². The summed E-state index contributed by atoms with van der Waals surface area (Å²) >= 11 is 5.85. The van der Waals surface area contributed by atoms with Gasteiger partial charge in [0.15, 0.2) is 0 Å². The highest BCUT2D eigenvalue weighted by Crippen LogP contribution is 2.47. The van der Waals surface area contributed by atoms with Crippen LogP contribution >= 0.6 is 11.6 Å². The van der Waals surface area contributed by atoms with Gasteiger partial charge < -0.3 is 9.64 Å². The summed E-state index contributed by atoms with van der Waals surface area (Å²) in [5, 5.41) is 4.66. The van der Waals surface area contributed by atoms with Gasteiger partial charge >= 0.3 is 0 Å². The van der Waals surface area contributed by atoms with E-state index in [0.29, 0.717) is 17.2 Å². The molecule has 1 amide bonds. The molecule has 2 heterocycles. The molecule has 6 heteroatoms. The van der Waals surface area contributed by atoms with Crippen molar-refractivity contribution in [1.82, 2.24) is 14.7 Å². The molecule has 0 bridgehead atoms. The molecular formula is C15H22ClN3O2. The summed E-state index contributed by atoms with van der Waals surface area (Å²) in [7, 11) is 1.79. The van der Waals surface area contributed by atoms with Gasteiger partial charge in [-0.2, -0.15) is 5.10 Å². The van der Waals surface area contributed by atoms with Crippen molar-refractivity contribution in [2.45, 2.75) is 51.3 Å². The Morgan fingerprint density at radius 1 is 1.57 bits per heavy atom. The molecule has 1 aromatic heterocycles. The predicted octanol–water partition coefficient (Wildman–Crippen LogP) is 2.34. The molecule has 0 radical (unpaired) electrons. The Hall–Kier alpha value is -1.07. The smallest absolute Gasteiger partial charge is 0.244 e. The van der Waals surface area contributed by atoms with Gasteiger partial charge in [-0.3, -0.25) is 9.48 Å². The first-order valence-electron chi connectivity index (χ1n) is 7.52. The lowest BCUT2D eigenvalue weighted by atomic mass is 9.71. The second kappa shape index (κ2) is 5.61. The molecule has 2 fully saturated rings. The van der Waals surface area contributed by atoms with Gasteiger partial charge in [-0.1, -0.05) is 18.5 Å². The number of fused-ring (bicyclic) bond motifs is 1. The van der Waals surface area contributed by atoms with Gasteiger partial charge in [0.05, 0.1) is 17.3 Å². The van der Waals surface area contributed by atoms with E-state index in [1.54, 1.807) is 24.2 Å². The average molecular weight is 312 g/mol. The van der Waals surface area contributed by atoms with Crippen molar-refractivity contribution in [3.05, 3.63) is 17.4 Å². The minimum Gasteiger partial charge on any atom is -0.381 e. The van der Waals surface area contributed by atoms with Crippen LogP contribution in [0.15, 0.2) is 12.4 Å². The maximum absolute atomic E-state index is 12.6. The van der Waals surface area contributed by atoms with Crippen LogP contribution in [-0.4, -0.2) is 46.4 Å². The second-order valence-electron chi connectivity index (χ2n) is 6.50. The number of ether oxygens (including phenoxy) is 1. The van der Waals surface area contributed by atoms with Gasteiger partial charge in [-0.25, -0.2) is 0 Å². The van der Waals surface area contributed by atoms with E-state index in [2.05, 4.69) is 12.0 Å². The quantitative estimate of drug-likeness (QED) is 0.861. The third-order valence-electron chi connectivity index (χ3n) is 5.11. The number of rotatable bonds is 3. The van der Waals surface area contributed by atoms with E-state index in [4.69, 9.17) is 16.3 Å². The molecule has 1 saturated heterocycles. The zero-order valence-corrected chi connectivity index (χ0v) is 13.3. The number of carbonyl (C=O) groups is 1. The molecule has 21 heavy (non-hydrogen) atoms. The van der Waals surface area contributed by atoms with E-state index in [1.165, 1.54) is 0 Å². The summed E-state index contributed by atoms with van der Waals surface area (Å²) in [5.74, 6) is 0.138. The summed E-state index contributed by atoms with van der Waals surface area (Å²) in [6.45, 7) is 3.40. The summed E-state index contributed by atoms with van der Waals surface area (Å²) in [5.41, 5.74) is 0.191. The second-order valence-corrected chi connectivity index (χ2v) is 6.94. The molecule has 0 spiro atoms. The largest absolute Gasteiger partial charge is 0.381 e. The predicted molar refractivity (Wildman–Crippen MR) is 80.1 cm³/mol. The molecule has 0 aromatic carbocycles. The van der Waals surface area contributed by atoms with E-state index in [1.807, 2.05) is 4.90 Å². The number of likely N-dealkylation sites (tertiary alicyclic amines) is 1. The van der Waals surface area contributed by atoms with Crippen LogP contribution in [-0.2, 0) is 16.1 Å². The van der Waals surface area contributed by atoms with Gasteiger partial charge in [0.25, 0.3) is 0 Å². The number of hydrogen-bond acceptors (Lipinski definition) is 3. The van der Waals surface area contributed by atoms with Crippen LogP contribution in [0.3, 0.4) is 0 Å². The van der Waals surface area contributed by atoms with Gasteiger partial charge in [0.1, 0.15) is 6.54 Å². The Labute approximate surface area is 130 Å². The molecule has 3 rings (SSSR count). The van der Waals surface area contributed by atoms with Crippen molar-refractivity contribution in [1.29, 1.82) is 0 Å². The van der Waals surface area contributed by atoms with E-state index >= 15 is 0 Å². The lowest BCUT2D eigenvalue weighted by Crippen LogP contribution is -2.47. The highest BCUT2D eigenvalue weighted by molar-refractivity contribution is 6.30. The van der Waals surface area contributed by atoms with E-state index in [-0.39, 0.29) is 17.9 Å². The lowest BCUT2D eigenvalue weighted by Gasteiger charge is -2.42. The first-order chi connectivity index (χ1) is 10.0. The Morgan fingerprint density at radius 2 is 2.38 bits per heavy atom. The van der Waals surface area contributed by atoms with Crippen LogP contribution in [0.4, 0.5) is 0 Å². The summed E-state index contributed by atoms with van der Waals surface area (Å²) in [6, 6.07) is 0.336. The molecule has 1 aromatic rings. The number of nitrogens with zero attached hydrogens (tertiary/aromatic N) is 3. The third kappa shape index (κ3) is 2.81. The maximum atomic E-state index is 12.6. The van der Waals surface area contributed by atoms with Crippen molar-refractivity contribution in [2.24, 2.45) is 5.41 Å². The molecule has 1 aliphatic carbocycles. The van der Waals surface area contributed by atoms with Crippen LogP contribution in [0.5, 0.6) is 0 Å². The lowest BCUT2D eigenvalue weighted by molar-refractivity contribution is -0.135. The molecule has 1 saturated carbocycles. The van der Waals surface area contributed by atoms with E-state index in [9.17, 15) is 4.79 Å². The summed E-state index contributed by atoms with van der Waals surface area (Å²) in [4.78, 5) is 14.6. The zero-order valence-electron chi connectivity index (χ0n) is 12.6. The third-order valence-corrected chi connectivity index (χ3v) is 5.31. The van der Waals surface area contributed by atoms with Crippen LogP contribution in [0.25, 0.3) is 0 Å². The molecular weight excluding hydrogens is 290 g/mol. The monoisotopic (exact) mass is 311 g/mol. The van der Waals surface area contributed by atoms with Crippen LogP contribution < -0.4 is 0 Å². The van der Waals surface area contributed by atoms with Gasteiger partial charge in [0, 0.05) is 25.9 Å². The Bertz CT molecular complexity index is 533. The number of methoxy groups -OCH3 is 1. The fourth-order valence-corrected chi connectivity index (χ4v) is 4.09. The topological polar surface area (TPSA) is 47.4 Å². The number of carbonyl (C=O) groups excluding carboxylic acids is 1. The minimum atomic E-state index is 0.138. The number of aromatic nitrogens is 2. The van der Waals surface area contributed by atoms with Gasteiger partial charge in [-0.05, 0) is 31.1 Å². The fourth-order valence-electron chi connectivity index (χ4n) is 3.94. The standard InChI is InChI=1S/C15H22ClN3O2/c1-15-5-6-19(13(15)4-3-12(7-15)21-2)14(20)10-18-9-11(16)8-17-18/h8-9,12-13H,3-7,10H2,1-2H3/t12-,13-,15+/m1/s1. The van der Waals surface area contributed by atoms with E-state index < -0.39 is 0 Å². The number of halogens is 1. The first kappa shape index (κ1) is 14.9. The van der Waals surface area contributed by atoms with Crippen molar-refractivity contribution in [3.63, 3.8) is 0 Å². The zero-order chi connectivity index (χ0) is 15.0. The average Bonchev–Trinajstić information content (AvgIpc) is 3.00. The summed E-state index contributed by atoms with van der Waals surface area (Å²) < 4.78 is 7.14. The van der Waals surface area contributed by atoms with Crippen LogP contribution in [0.2, 0.25) is 5.02 Å². The normalized spacial score (nSPS) is 32.2. The van der Waals surface area contributed by atoms with Crippen molar-refractivity contribution < 1.29 is 9.53 Å². The molecule has 1 aliphatic heterocycles. The van der Waals surface area contributed by atoms with E-state index in [0.717, 1.165) is 32.2 Å². The Morgan fingerprint density at radius 3 is 3.05 bits per heavy atom. The highest BCUT2D eigenvalue weighted by Gasteiger charge is 2.49. The van der Waals surface area contributed by atoms with Crippen molar-refractivity contribution >= 4 is 17.5 Å².